The molecule has 1 saturated carbocycles. The number of hydrogen-bond acceptors (Lipinski definition) is 5. The number of amides is 1. The van der Waals surface area contributed by atoms with Crippen molar-refractivity contribution in [3.05, 3.63) is 59.1 Å². The van der Waals surface area contributed by atoms with Crippen molar-refractivity contribution in [2.45, 2.75) is 64.3 Å². The predicted octanol–water partition coefficient (Wildman–Crippen LogP) is 4.57. The molecule has 0 spiro atoms. The first kappa shape index (κ1) is 25.8. The number of aliphatic carboxylic acids is 1. The van der Waals surface area contributed by atoms with Gasteiger partial charge in [-0.25, -0.2) is 0 Å². The van der Waals surface area contributed by atoms with E-state index in [0.29, 0.717) is 36.3 Å². The van der Waals surface area contributed by atoms with Crippen LogP contribution in [-0.2, 0) is 16.1 Å². The molecule has 0 radical (unpaired) electrons. The smallest absolute Gasteiger partial charge is 0.323 e. The van der Waals surface area contributed by atoms with Crippen LogP contribution in [0.5, 0.6) is 5.75 Å². The second-order valence-electron chi connectivity index (χ2n) is 9.04. The van der Waals surface area contributed by atoms with E-state index in [4.69, 9.17) is 16.3 Å². The number of carbonyl (C=O) groups is 2. The lowest BCUT2D eigenvalue weighted by Crippen LogP contribution is -2.39. The van der Waals surface area contributed by atoms with Crippen molar-refractivity contribution >= 4 is 29.2 Å². The second-order valence-corrected chi connectivity index (χ2v) is 9.45. The van der Waals surface area contributed by atoms with Crippen LogP contribution in [-0.4, -0.2) is 51.8 Å². The number of carboxylic acids is 1. The number of hydrogen-bond donors (Lipinski definition) is 3. The lowest BCUT2D eigenvalue weighted by molar-refractivity contribution is -0.147. The SMILES string of the molecule is CC(C)Oc1cccc(N[C@H]2CC[C@@H](C(=O)N(CC(=O)O)Cc3ccccc3Cl)CC[C@@H]2O)c1. The monoisotopic (exact) mass is 488 g/mol. The first-order valence-corrected chi connectivity index (χ1v) is 12.1. The molecule has 0 saturated heterocycles. The van der Waals surface area contributed by atoms with Gasteiger partial charge in [0.25, 0.3) is 0 Å². The fraction of sp³-hybridized carbons (Fsp3) is 0.462. The van der Waals surface area contributed by atoms with Gasteiger partial charge in [-0.15, -0.1) is 0 Å². The highest BCUT2D eigenvalue weighted by atomic mass is 35.5. The number of rotatable bonds is 9. The minimum Gasteiger partial charge on any atom is -0.491 e. The number of carbonyl (C=O) groups excluding carboxylic acids is 1. The molecule has 1 amide bonds. The Morgan fingerprint density at radius 2 is 1.85 bits per heavy atom. The van der Waals surface area contributed by atoms with Crippen molar-refractivity contribution < 1.29 is 24.5 Å². The average Bonchev–Trinajstić information content (AvgIpc) is 2.95. The molecule has 0 unspecified atom stereocenters. The van der Waals surface area contributed by atoms with Crippen LogP contribution >= 0.6 is 11.6 Å². The Labute approximate surface area is 205 Å². The van der Waals surface area contributed by atoms with E-state index in [9.17, 15) is 19.8 Å². The van der Waals surface area contributed by atoms with Gasteiger partial charge in [-0.05, 0) is 63.3 Å². The van der Waals surface area contributed by atoms with Gasteiger partial charge in [-0.1, -0.05) is 35.9 Å². The summed E-state index contributed by atoms with van der Waals surface area (Å²) >= 11 is 6.24. The van der Waals surface area contributed by atoms with Crippen LogP contribution in [0.3, 0.4) is 0 Å². The zero-order valence-electron chi connectivity index (χ0n) is 19.6. The first-order chi connectivity index (χ1) is 16.2. The third-order valence-corrected chi connectivity index (χ3v) is 6.33. The fourth-order valence-corrected chi connectivity index (χ4v) is 4.51. The summed E-state index contributed by atoms with van der Waals surface area (Å²) in [6.07, 6.45) is 1.51. The standard InChI is InChI=1S/C26H33ClN2O5/c1-17(2)34-21-8-5-7-20(14-21)28-23-12-10-18(11-13-24(23)30)26(33)29(16-25(31)32)15-19-6-3-4-9-22(19)27/h3-9,14,17-18,23-24,28,30H,10-13,15-16H2,1-2H3,(H,31,32)/t18-,23+,24+/m1/s1. The minimum absolute atomic E-state index is 0.0602. The van der Waals surface area contributed by atoms with E-state index in [1.165, 1.54) is 4.90 Å². The molecule has 3 N–H and O–H groups in total. The number of aliphatic hydroxyl groups is 1. The number of carboxylic acid groups (broad SMARTS) is 1. The maximum absolute atomic E-state index is 13.3. The molecule has 184 valence electrons. The molecule has 3 atom stereocenters. The summed E-state index contributed by atoms with van der Waals surface area (Å²) in [5.41, 5.74) is 1.55. The van der Waals surface area contributed by atoms with Gasteiger partial charge in [-0.3, -0.25) is 9.59 Å². The topological polar surface area (TPSA) is 99.1 Å². The van der Waals surface area contributed by atoms with Gasteiger partial charge in [0, 0.05) is 29.2 Å². The van der Waals surface area contributed by atoms with Crippen LogP contribution in [0.2, 0.25) is 5.02 Å². The third kappa shape index (κ3) is 7.37. The Morgan fingerprint density at radius 3 is 2.56 bits per heavy atom. The molecule has 0 bridgehead atoms. The predicted molar refractivity (Wildman–Crippen MR) is 132 cm³/mol. The third-order valence-electron chi connectivity index (χ3n) is 5.97. The Balaban J connectivity index is 1.67. The van der Waals surface area contributed by atoms with E-state index >= 15 is 0 Å². The summed E-state index contributed by atoms with van der Waals surface area (Å²) in [6.45, 7) is 3.67. The molecule has 34 heavy (non-hydrogen) atoms. The zero-order valence-corrected chi connectivity index (χ0v) is 20.4. The highest BCUT2D eigenvalue weighted by Gasteiger charge is 2.32. The Bertz CT molecular complexity index is 983. The van der Waals surface area contributed by atoms with Gasteiger partial charge in [0.2, 0.25) is 5.91 Å². The molecule has 1 aliphatic carbocycles. The quantitative estimate of drug-likeness (QED) is 0.447. The van der Waals surface area contributed by atoms with Gasteiger partial charge >= 0.3 is 5.97 Å². The molecular weight excluding hydrogens is 456 g/mol. The van der Waals surface area contributed by atoms with Crippen molar-refractivity contribution in [1.82, 2.24) is 4.90 Å². The van der Waals surface area contributed by atoms with Gasteiger partial charge in [0.05, 0.1) is 18.2 Å². The number of anilines is 1. The number of aliphatic hydroxyl groups excluding tert-OH is 1. The van der Waals surface area contributed by atoms with Crippen LogP contribution in [0.15, 0.2) is 48.5 Å². The van der Waals surface area contributed by atoms with Crippen LogP contribution in [0.1, 0.15) is 45.1 Å². The van der Waals surface area contributed by atoms with E-state index in [1.807, 2.05) is 44.2 Å². The molecule has 1 aliphatic rings. The fourth-order valence-electron chi connectivity index (χ4n) is 4.32. The number of ether oxygens (including phenoxy) is 1. The van der Waals surface area contributed by atoms with Gasteiger partial charge in [0.15, 0.2) is 0 Å². The zero-order chi connectivity index (χ0) is 24.7. The van der Waals surface area contributed by atoms with Crippen molar-refractivity contribution in [2.24, 2.45) is 5.92 Å². The molecule has 0 aliphatic heterocycles. The largest absolute Gasteiger partial charge is 0.491 e. The maximum atomic E-state index is 13.3. The number of halogens is 1. The molecule has 7 nitrogen and oxygen atoms in total. The highest BCUT2D eigenvalue weighted by Crippen LogP contribution is 2.29. The maximum Gasteiger partial charge on any atom is 0.323 e. The van der Waals surface area contributed by atoms with E-state index in [2.05, 4.69) is 5.32 Å². The number of benzene rings is 2. The Kier molecular flexibility index (Phi) is 9.19. The molecule has 1 fully saturated rings. The summed E-state index contributed by atoms with van der Waals surface area (Å²) in [6, 6.07) is 14.5. The lowest BCUT2D eigenvalue weighted by Gasteiger charge is -2.26. The van der Waals surface area contributed by atoms with E-state index in [1.54, 1.807) is 18.2 Å². The van der Waals surface area contributed by atoms with Crippen LogP contribution in [0.25, 0.3) is 0 Å². The van der Waals surface area contributed by atoms with Gasteiger partial charge in [-0.2, -0.15) is 0 Å². The van der Waals surface area contributed by atoms with E-state index in [-0.39, 0.29) is 30.5 Å². The molecule has 0 aromatic heterocycles. The minimum atomic E-state index is -1.07. The molecule has 3 rings (SSSR count). The molecular formula is C26H33ClN2O5. The Morgan fingerprint density at radius 1 is 1.12 bits per heavy atom. The van der Waals surface area contributed by atoms with Crippen molar-refractivity contribution in [1.29, 1.82) is 0 Å². The van der Waals surface area contributed by atoms with Gasteiger partial charge < -0.3 is 25.2 Å². The van der Waals surface area contributed by atoms with Crippen molar-refractivity contribution in [2.75, 3.05) is 11.9 Å². The summed E-state index contributed by atoms with van der Waals surface area (Å²) < 4.78 is 5.75. The van der Waals surface area contributed by atoms with E-state index < -0.39 is 18.6 Å². The number of nitrogens with one attached hydrogen (secondary N) is 1. The Hall–Kier alpha value is -2.77. The molecule has 8 heteroatoms. The molecule has 2 aromatic carbocycles. The van der Waals surface area contributed by atoms with Crippen LogP contribution in [0, 0.1) is 5.92 Å². The second kappa shape index (κ2) is 12.1. The van der Waals surface area contributed by atoms with Crippen molar-refractivity contribution in [3.63, 3.8) is 0 Å². The summed E-state index contributed by atoms with van der Waals surface area (Å²) in [5.74, 6) is -0.904. The number of nitrogens with zero attached hydrogens (tertiary/aromatic N) is 1. The summed E-state index contributed by atoms with van der Waals surface area (Å²) in [7, 11) is 0. The van der Waals surface area contributed by atoms with Gasteiger partial charge in [0.1, 0.15) is 12.3 Å². The van der Waals surface area contributed by atoms with Crippen LogP contribution < -0.4 is 10.1 Å². The normalized spacial score (nSPS) is 20.4. The molecule has 0 heterocycles. The summed E-state index contributed by atoms with van der Waals surface area (Å²) in [5, 5.41) is 24.0. The lowest BCUT2D eigenvalue weighted by atomic mass is 9.98. The van der Waals surface area contributed by atoms with Crippen LogP contribution in [0.4, 0.5) is 5.69 Å². The highest BCUT2D eigenvalue weighted by molar-refractivity contribution is 6.31. The molecule has 2 aromatic rings. The average molecular weight is 489 g/mol. The summed E-state index contributed by atoms with van der Waals surface area (Å²) in [4.78, 5) is 26.1. The van der Waals surface area contributed by atoms with E-state index in [0.717, 1.165) is 11.4 Å². The first-order valence-electron chi connectivity index (χ1n) is 11.7. The van der Waals surface area contributed by atoms with Crippen molar-refractivity contribution in [3.8, 4) is 5.75 Å².